The molecule has 0 heterocycles. The maximum Gasteiger partial charge on any atom is 0.228 e. The second-order valence-corrected chi connectivity index (χ2v) is 18.2. The molecule has 3 aromatic rings. The van der Waals surface area contributed by atoms with Crippen molar-refractivity contribution in [3.63, 3.8) is 0 Å². The van der Waals surface area contributed by atoms with Crippen LogP contribution in [0.5, 0.6) is 11.5 Å². The maximum absolute atomic E-state index is 12.7. The van der Waals surface area contributed by atoms with Crippen molar-refractivity contribution < 1.29 is 19.4 Å². The minimum atomic E-state index is -2.15. The summed E-state index contributed by atoms with van der Waals surface area (Å²) in [4.78, 5) is 12.7. The highest BCUT2D eigenvalue weighted by molar-refractivity contribution is 6.74. The first-order valence-electron chi connectivity index (χ1n) is 14.3. The smallest absolute Gasteiger partial charge is 0.228 e. The van der Waals surface area contributed by atoms with Crippen LogP contribution in [0.2, 0.25) is 18.1 Å². The van der Waals surface area contributed by atoms with E-state index in [9.17, 15) is 15.0 Å². The van der Waals surface area contributed by atoms with Crippen molar-refractivity contribution >= 4 is 19.9 Å². The number of amides is 1. The number of anilines is 1. The Morgan fingerprint density at radius 2 is 1.51 bits per heavy atom. The van der Waals surface area contributed by atoms with Crippen molar-refractivity contribution in [2.24, 2.45) is 0 Å². The Bertz CT molecular complexity index is 1340. The van der Waals surface area contributed by atoms with Gasteiger partial charge in [0.15, 0.2) is 8.32 Å². The van der Waals surface area contributed by atoms with Gasteiger partial charge in [0, 0.05) is 23.8 Å². The molecule has 0 fully saturated rings. The molecular formula is C34H48N2O4Si. The molecule has 1 atom stereocenters. The molecule has 4 N–H and O–H groups in total. The van der Waals surface area contributed by atoms with Crippen LogP contribution in [0.1, 0.15) is 68.5 Å². The Balaban J connectivity index is 1.70. The number of phenols is 2. The molecule has 0 aliphatic carbocycles. The first-order chi connectivity index (χ1) is 18.9. The summed E-state index contributed by atoms with van der Waals surface area (Å²) in [5, 5.41) is 27.0. The molecule has 0 aromatic heterocycles. The molecule has 3 aromatic carbocycles. The fraction of sp³-hybridized carbons (Fsp3) is 0.441. The number of hydrogen-bond donors (Lipinski definition) is 4. The molecule has 0 saturated carbocycles. The lowest BCUT2D eigenvalue weighted by atomic mass is 9.93. The Kier molecular flexibility index (Phi) is 10.1. The van der Waals surface area contributed by atoms with Crippen molar-refractivity contribution in [1.82, 2.24) is 5.32 Å². The van der Waals surface area contributed by atoms with Crippen LogP contribution in [0.3, 0.4) is 0 Å². The highest BCUT2D eigenvalue weighted by Gasteiger charge is 2.40. The van der Waals surface area contributed by atoms with Gasteiger partial charge in [-0.15, -0.1) is 0 Å². The predicted molar refractivity (Wildman–Crippen MR) is 171 cm³/mol. The molecular weight excluding hydrogens is 528 g/mol. The maximum atomic E-state index is 12.7. The highest BCUT2D eigenvalue weighted by atomic mass is 28.4. The lowest BCUT2D eigenvalue weighted by Gasteiger charge is -2.40. The third-order valence-electron chi connectivity index (χ3n) is 8.10. The van der Waals surface area contributed by atoms with Crippen LogP contribution in [0.4, 0.5) is 5.69 Å². The van der Waals surface area contributed by atoms with E-state index in [2.05, 4.69) is 77.4 Å². The molecule has 0 spiro atoms. The number of nitrogens with one attached hydrogen (secondary N) is 2. The van der Waals surface area contributed by atoms with Crippen LogP contribution in [0, 0.1) is 13.8 Å². The van der Waals surface area contributed by atoms with Gasteiger partial charge in [-0.1, -0.05) is 51.1 Å². The number of benzene rings is 3. The number of aryl methyl sites for hydroxylation is 2. The largest absolute Gasteiger partial charge is 0.508 e. The fourth-order valence-electron chi connectivity index (χ4n) is 4.57. The fourth-order valence-corrected chi connectivity index (χ4v) is 5.85. The van der Waals surface area contributed by atoms with Gasteiger partial charge in [0.1, 0.15) is 11.5 Å². The minimum absolute atomic E-state index is 0.00461. The summed E-state index contributed by atoms with van der Waals surface area (Å²) < 4.78 is 6.78. The first-order valence-corrected chi connectivity index (χ1v) is 17.3. The molecule has 0 radical (unpaired) electrons. The molecule has 0 saturated heterocycles. The standard InChI is InChI=1S/C34H48N2O4Si/c1-23-13-14-28(15-24(23)2)36-32(39)17-25-11-10-12-26(16-25)21-34(6,7)35-22-31(40-41(8,9)33(3,4)5)27-18-29(37)20-30(38)19-27/h10-16,18-20,31,35,37-38H,17,21-22H2,1-9H3,(H,36,39)/t31-/m0/s1. The van der Waals surface area contributed by atoms with Crippen LogP contribution in [0.25, 0.3) is 0 Å². The zero-order valence-corrected chi connectivity index (χ0v) is 27.2. The van der Waals surface area contributed by atoms with Gasteiger partial charge in [-0.3, -0.25) is 4.79 Å². The monoisotopic (exact) mass is 576 g/mol. The zero-order valence-electron chi connectivity index (χ0n) is 26.2. The third kappa shape index (κ3) is 9.45. The third-order valence-corrected chi connectivity index (χ3v) is 12.6. The van der Waals surface area contributed by atoms with E-state index in [-0.39, 0.29) is 34.1 Å². The number of hydrogen-bond acceptors (Lipinski definition) is 5. The van der Waals surface area contributed by atoms with E-state index in [1.165, 1.54) is 11.6 Å². The SMILES string of the molecule is Cc1ccc(NC(=O)Cc2cccc(CC(C)(C)NC[C@H](O[Si](C)(C)C(C)(C)C)c3cc(O)cc(O)c3)c2)cc1C. The van der Waals surface area contributed by atoms with E-state index in [4.69, 9.17) is 4.43 Å². The second kappa shape index (κ2) is 12.8. The normalized spacial score (nSPS) is 13.2. The molecule has 0 unspecified atom stereocenters. The van der Waals surface area contributed by atoms with Crippen LogP contribution in [-0.2, 0) is 22.1 Å². The Morgan fingerprint density at radius 1 is 0.878 bits per heavy atom. The molecule has 0 aliphatic heterocycles. The van der Waals surface area contributed by atoms with Gasteiger partial charge >= 0.3 is 0 Å². The van der Waals surface area contributed by atoms with Crippen LogP contribution < -0.4 is 10.6 Å². The van der Waals surface area contributed by atoms with Crippen molar-refractivity contribution in [3.05, 3.63) is 88.5 Å². The van der Waals surface area contributed by atoms with Crippen molar-refractivity contribution in [3.8, 4) is 11.5 Å². The quantitative estimate of drug-likeness (QED) is 0.177. The molecule has 7 heteroatoms. The number of phenolic OH excluding ortho intramolecular Hbond substituents is 2. The predicted octanol–water partition coefficient (Wildman–Crippen LogP) is 7.57. The molecule has 1 amide bonds. The molecule has 41 heavy (non-hydrogen) atoms. The first kappa shape index (κ1) is 32.4. The molecule has 0 bridgehead atoms. The number of rotatable bonds is 11. The Hall–Kier alpha value is -3.13. The Labute approximate surface area is 247 Å². The van der Waals surface area contributed by atoms with Crippen LogP contribution >= 0.6 is 0 Å². The second-order valence-electron chi connectivity index (χ2n) is 13.4. The molecule has 0 aliphatic rings. The van der Waals surface area contributed by atoms with Crippen LogP contribution in [-0.4, -0.2) is 36.5 Å². The summed E-state index contributed by atoms with van der Waals surface area (Å²) in [7, 11) is -2.15. The van der Waals surface area contributed by atoms with Gasteiger partial charge in [0.05, 0.1) is 12.5 Å². The van der Waals surface area contributed by atoms with Gasteiger partial charge in [0.25, 0.3) is 0 Å². The van der Waals surface area contributed by atoms with Crippen molar-refractivity contribution in [2.45, 2.75) is 91.1 Å². The average molecular weight is 577 g/mol. The van der Waals surface area contributed by atoms with E-state index in [0.717, 1.165) is 34.4 Å². The lowest BCUT2D eigenvalue weighted by Crippen LogP contribution is -2.47. The van der Waals surface area contributed by atoms with Crippen molar-refractivity contribution in [1.29, 1.82) is 0 Å². The highest BCUT2D eigenvalue weighted by Crippen LogP contribution is 2.40. The van der Waals surface area contributed by atoms with Gasteiger partial charge in [0.2, 0.25) is 5.91 Å². The lowest BCUT2D eigenvalue weighted by molar-refractivity contribution is -0.115. The zero-order chi connectivity index (χ0) is 30.6. The molecule has 3 rings (SSSR count). The van der Waals surface area contributed by atoms with E-state index in [0.29, 0.717) is 13.0 Å². The summed E-state index contributed by atoms with van der Waals surface area (Å²) >= 11 is 0. The van der Waals surface area contributed by atoms with Gasteiger partial charge in [-0.2, -0.15) is 0 Å². The summed E-state index contributed by atoms with van der Waals surface area (Å²) in [5.41, 5.74) is 5.72. The topological polar surface area (TPSA) is 90.8 Å². The Morgan fingerprint density at radius 3 is 2.12 bits per heavy atom. The molecule has 222 valence electrons. The number of carbonyl (C=O) groups excluding carboxylic acids is 1. The number of aromatic hydroxyl groups is 2. The van der Waals surface area contributed by atoms with Gasteiger partial charge < -0.3 is 25.3 Å². The summed E-state index contributed by atoms with van der Waals surface area (Å²) in [6, 6.07) is 18.8. The van der Waals surface area contributed by atoms with Crippen molar-refractivity contribution in [2.75, 3.05) is 11.9 Å². The van der Waals surface area contributed by atoms with E-state index < -0.39 is 8.32 Å². The van der Waals surface area contributed by atoms with E-state index >= 15 is 0 Å². The van der Waals surface area contributed by atoms with Gasteiger partial charge in [-0.05, 0) is 104 Å². The minimum Gasteiger partial charge on any atom is -0.508 e. The average Bonchev–Trinajstić information content (AvgIpc) is 2.82. The van der Waals surface area contributed by atoms with Gasteiger partial charge in [-0.25, -0.2) is 0 Å². The van der Waals surface area contributed by atoms with E-state index in [1.54, 1.807) is 12.1 Å². The molecule has 6 nitrogen and oxygen atoms in total. The summed E-state index contributed by atoms with van der Waals surface area (Å²) in [6.07, 6.45) is 0.712. The summed E-state index contributed by atoms with van der Waals surface area (Å²) in [5.74, 6) is -0.00862. The van der Waals surface area contributed by atoms with E-state index in [1.807, 2.05) is 37.3 Å². The van der Waals surface area contributed by atoms with Crippen LogP contribution in [0.15, 0.2) is 60.7 Å². The number of carbonyl (C=O) groups is 1. The summed E-state index contributed by atoms with van der Waals surface area (Å²) in [6.45, 7) is 19.9.